The Balaban J connectivity index is 1.89. The number of carbonyl (C=O) groups excluding carboxylic acids is 1. The van der Waals surface area contributed by atoms with Crippen molar-refractivity contribution in [2.75, 3.05) is 12.4 Å². The number of carbonyl (C=O) groups is 1. The minimum absolute atomic E-state index is 0.156. The fraction of sp³-hybridized carbons (Fsp3) is 0.125. The molecule has 1 amide bonds. The maximum atomic E-state index is 13.1. The number of rotatable bonds is 4. The van der Waals surface area contributed by atoms with Crippen molar-refractivity contribution in [3.05, 3.63) is 88.1 Å². The Morgan fingerprint density at radius 3 is 2.65 bits per heavy atom. The third kappa shape index (κ3) is 4.44. The zero-order chi connectivity index (χ0) is 22.0. The van der Waals surface area contributed by atoms with E-state index in [1.165, 1.54) is 0 Å². The van der Waals surface area contributed by atoms with E-state index in [-0.39, 0.29) is 17.0 Å². The highest BCUT2D eigenvalue weighted by Gasteiger charge is 2.15. The molecule has 7 heteroatoms. The van der Waals surface area contributed by atoms with E-state index < -0.39 is 0 Å². The molecule has 2 heterocycles. The van der Waals surface area contributed by atoms with E-state index in [0.29, 0.717) is 33.2 Å². The Morgan fingerprint density at radius 1 is 1.10 bits per heavy atom. The zero-order valence-electron chi connectivity index (χ0n) is 17.3. The molecule has 156 valence electrons. The van der Waals surface area contributed by atoms with Gasteiger partial charge in [0, 0.05) is 16.1 Å². The van der Waals surface area contributed by atoms with E-state index in [4.69, 9.17) is 20.8 Å². The van der Waals surface area contributed by atoms with Gasteiger partial charge in [-0.25, -0.2) is 9.98 Å². The molecule has 6 nitrogen and oxygen atoms in total. The minimum Gasteiger partial charge on any atom is -0.493 e. The molecule has 4 rings (SSSR count). The van der Waals surface area contributed by atoms with Crippen LogP contribution in [0.1, 0.15) is 21.6 Å². The van der Waals surface area contributed by atoms with E-state index in [9.17, 15) is 4.79 Å². The second-order valence-corrected chi connectivity index (χ2v) is 7.41. The molecular weight excluding hydrogens is 414 g/mol. The quantitative estimate of drug-likeness (QED) is 0.455. The SMILES string of the molecule is COc1cccc2cc(C(=O)Nc3cccc(C)n3)c(=Nc3ccc(Cl)c(C)c3)oc12. The van der Waals surface area contributed by atoms with Gasteiger partial charge in [-0.3, -0.25) is 4.79 Å². The van der Waals surface area contributed by atoms with E-state index >= 15 is 0 Å². The third-order valence-corrected chi connectivity index (χ3v) is 5.13. The predicted molar refractivity (Wildman–Crippen MR) is 121 cm³/mol. The summed E-state index contributed by atoms with van der Waals surface area (Å²) in [5, 5.41) is 4.17. The van der Waals surface area contributed by atoms with Gasteiger partial charge in [0.25, 0.3) is 5.91 Å². The monoisotopic (exact) mass is 433 g/mol. The van der Waals surface area contributed by atoms with Crippen molar-refractivity contribution in [2.45, 2.75) is 13.8 Å². The Hall–Kier alpha value is -3.64. The molecule has 31 heavy (non-hydrogen) atoms. The number of aryl methyl sites for hydroxylation is 2. The summed E-state index contributed by atoms with van der Waals surface area (Å²) in [7, 11) is 1.56. The summed E-state index contributed by atoms with van der Waals surface area (Å²) in [6, 6.07) is 18.0. The average molecular weight is 434 g/mol. The number of hydrogen-bond donors (Lipinski definition) is 1. The molecule has 2 aromatic heterocycles. The van der Waals surface area contributed by atoms with Gasteiger partial charge in [-0.1, -0.05) is 29.8 Å². The summed E-state index contributed by atoms with van der Waals surface area (Å²) < 4.78 is 11.5. The molecule has 1 N–H and O–H groups in total. The normalized spacial score (nSPS) is 11.5. The van der Waals surface area contributed by atoms with Crippen LogP contribution in [0.3, 0.4) is 0 Å². The summed E-state index contributed by atoms with van der Waals surface area (Å²) >= 11 is 6.13. The number of aromatic nitrogens is 1. The Labute approximate surface area is 184 Å². The molecule has 0 saturated heterocycles. The molecule has 2 aromatic carbocycles. The topological polar surface area (TPSA) is 76.7 Å². The Morgan fingerprint density at radius 2 is 1.90 bits per heavy atom. The summed E-state index contributed by atoms with van der Waals surface area (Å²) in [4.78, 5) is 22.1. The number of halogens is 1. The van der Waals surface area contributed by atoms with E-state index in [1.54, 1.807) is 37.4 Å². The highest BCUT2D eigenvalue weighted by atomic mass is 35.5. The summed E-state index contributed by atoms with van der Waals surface area (Å²) in [5.41, 5.74) is 3.21. The molecule has 0 fully saturated rings. The van der Waals surface area contributed by atoms with Crippen LogP contribution in [-0.2, 0) is 0 Å². The minimum atomic E-state index is -0.379. The molecule has 0 aliphatic heterocycles. The van der Waals surface area contributed by atoms with Gasteiger partial charge in [0.05, 0.1) is 12.8 Å². The molecule has 0 saturated carbocycles. The lowest BCUT2D eigenvalue weighted by Crippen LogP contribution is -2.22. The number of amides is 1. The van der Waals surface area contributed by atoms with Crippen molar-refractivity contribution < 1.29 is 13.9 Å². The van der Waals surface area contributed by atoms with Crippen molar-refractivity contribution in [3.63, 3.8) is 0 Å². The van der Waals surface area contributed by atoms with Crippen molar-refractivity contribution in [2.24, 2.45) is 4.99 Å². The van der Waals surface area contributed by atoms with Crippen LogP contribution in [0.4, 0.5) is 11.5 Å². The number of nitrogens with zero attached hydrogens (tertiary/aromatic N) is 2. The highest BCUT2D eigenvalue weighted by molar-refractivity contribution is 6.31. The molecule has 0 atom stereocenters. The van der Waals surface area contributed by atoms with Crippen molar-refractivity contribution >= 4 is 40.0 Å². The highest BCUT2D eigenvalue weighted by Crippen LogP contribution is 2.26. The van der Waals surface area contributed by atoms with Crippen LogP contribution in [0, 0.1) is 13.8 Å². The van der Waals surface area contributed by atoms with Gasteiger partial charge in [-0.05, 0) is 61.9 Å². The first-order valence-electron chi connectivity index (χ1n) is 9.61. The van der Waals surface area contributed by atoms with Crippen LogP contribution in [-0.4, -0.2) is 18.0 Å². The molecule has 0 bridgehead atoms. The first-order valence-corrected chi connectivity index (χ1v) is 9.99. The molecular formula is C24H20ClN3O3. The number of para-hydroxylation sites is 1. The number of ether oxygens (including phenoxy) is 1. The fourth-order valence-corrected chi connectivity index (χ4v) is 3.26. The first kappa shape index (κ1) is 20.6. The van der Waals surface area contributed by atoms with Gasteiger partial charge in [0.1, 0.15) is 11.4 Å². The maximum Gasteiger partial charge on any atom is 0.262 e. The maximum absolute atomic E-state index is 13.1. The van der Waals surface area contributed by atoms with Crippen LogP contribution >= 0.6 is 11.6 Å². The molecule has 0 aliphatic rings. The summed E-state index contributed by atoms with van der Waals surface area (Å²) in [6.07, 6.45) is 0. The molecule has 0 spiro atoms. The lowest BCUT2D eigenvalue weighted by atomic mass is 10.1. The van der Waals surface area contributed by atoms with Crippen LogP contribution < -0.4 is 15.6 Å². The van der Waals surface area contributed by atoms with Gasteiger partial charge < -0.3 is 14.5 Å². The number of methoxy groups -OCH3 is 1. The fourth-order valence-electron chi connectivity index (χ4n) is 3.14. The molecule has 0 unspecified atom stereocenters. The van der Waals surface area contributed by atoms with Gasteiger partial charge in [0.2, 0.25) is 5.55 Å². The van der Waals surface area contributed by atoms with E-state index in [1.807, 2.05) is 44.2 Å². The molecule has 4 aromatic rings. The van der Waals surface area contributed by atoms with Crippen LogP contribution in [0.25, 0.3) is 11.0 Å². The summed E-state index contributed by atoms with van der Waals surface area (Å²) in [6.45, 7) is 3.75. The Kier molecular flexibility index (Phi) is 5.73. The molecule has 0 aliphatic carbocycles. The van der Waals surface area contributed by atoms with Crippen LogP contribution in [0.5, 0.6) is 5.75 Å². The zero-order valence-corrected chi connectivity index (χ0v) is 18.0. The average Bonchev–Trinajstić information content (AvgIpc) is 2.75. The number of fused-ring (bicyclic) bond motifs is 1. The van der Waals surface area contributed by atoms with E-state index in [0.717, 1.165) is 11.3 Å². The van der Waals surface area contributed by atoms with Crippen molar-refractivity contribution in [3.8, 4) is 5.75 Å². The van der Waals surface area contributed by atoms with Gasteiger partial charge in [-0.2, -0.15) is 0 Å². The largest absolute Gasteiger partial charge is 0.493 e. The Bertz CT molecular complexity index is 1360. The summed E-state index contributed by atoms with van der Waals surface area (Å²) in [5.74, 6) is 0.619. The second kappa shape index (κ2) is 8.62. The smallest absolute Gasteiger partial charge is 0.262 e. The van der Waals surface area contributed by atoms with Gasteiger partial charge in [-0.15, -0.1) is 0 Å². The number of nitrogens with one attached hydrogen (secondary N) is 1. The van der Waals surface area contributed by atoms with Crippen molar-refractivity contribution in [1.29, 1.82) is 0 Å². The second-order valence-electron chi connectivity index (χ2n) is 7.01. The standard InChI is InChI=1S/C24H20ClN3O3/c1-14-12-17(10-11-19(14)25)27-24-18(23(29)28-21-9-4-6-15(2)26-21)13-16-7-5-8-20(30-3)22(16)31-24/h4-13H,1-3H3,(H,26,28,29). The van der Waals surface area contributed by atoms with Gasteiger partial charge >= 0.3 is 0 Å². The number of pyridine rings is 1. The van der Waals surface area contributed by atoms with E-state index in [2.05, 4.69) is 15.3 Å². The lowest BCUT2D eigenvalue weighted by molar-refractivity contribution is 0.102. The number of benzene rings is 2. The van der Waals surface area contributed by atoms with Crippen LogP contribution in [0.15, 0.2) is 70.1 Å². The van der Waals surface area contributed by atoms with Crippen LogP contribution in [0.2, 0.25) is 5.02 Å². The third-order valence-electron chi connectivity index (χ3n) is 4.70. The number of anilines is 1. The predicted octanol–water partition coefficient (Wildman–Crippen LogP) is 5.59. The number of hydrogen-bond acceptors (Lipinski definition) is 5. The van der Waals surface area contributed by atoms with Gasteiger partial charge in [0.15, 0.2) is 11.3 Å². The van der Waals surface area contributed by atoms with Crippen molar-refractivity contribution in [1.82, 2.24) is 4.98 Å². The lowest BCUT2D eigenvalue weighted by Gasteiger charge is -2.09. The molecule has 0 radical (unpaired) electrons. The first-order chi connectivity index (χ1) is 14.9.